The molecule has 1 aromatic rings. The summed E-state index contributed by atoms with van der Waals surface area (Å²) in [5.74, 6) is 0.841. The Morgan fingerprint density at radius 2 is 2.00 bits per heavy atom. The van der Waals surface area contributed by atoms with E-state index in [1.807, 2.05) is 20.0 Å². The lowest BCUT2D eigenvalue weighted by Crippen LogP contribution is -1.87. The van der Waals surface area contributed by atoms with E-state index in [9.17, 15) is 0 Å². The summed E-state index contributed by atoms with van der Waals surface area (Å²) in [6.45, 7) is 6.14. The lowest BCUT2D eigenvalue weighted by molar-refractivity contribution is 1.00. The lowest BCUT2D eigenvalue weighted by Gasteiger charge is -1.98. The molecule has 1 nitrogen and oxygen atoms in total. The first-order valence-electron chi connectivity index (χ1n) is 5.35. The molecule has 0 atom stereocenters. The Labute approximate surface area is 81.2 Å². The minimum absolute atomic E-state index is 0.841. The summed E-state index contributed by atoms with van der Waals surface area (Å²) in [6.07, 6.45) is 5.82. The molecule has 2 rings (SSSR count). The van der Waals surface area contributed by atoms with Gasteiger partial charge in [0.25, 0.3) is 0 Å². The number of aryl methyl sites for hydroxylation is 1. The Balaban J connectivity index is 0.000000396. The van der Waals surface area contributed by atoms with Gasteiger partial charge in [0.2, 0.25) is 0 Å². The number of nitrogens with zero attached hydrogens (tertiary/aromatic N) is 1. The third kappa shape index (κ3) is 2.83. The molecule has 1 heterocycles. The normalized spacial score (nSPS) is 14.7. The molecule has 72 valence electrons. The summed E-state index contributed by atoms with van der Waals surface area (Å²) in [4.78, 5) is 4.36. The van der Waals surface area contributed by atoms with Crippen molar-refractivity contribution < 1.29 is 0 Å². The van der Waals surface area contributed by atoms with Gasteiger partial charge in [-0.2, -0.15) is 0 Å². The van der Waals surface area contributed by atoms with E-state index in [0.29, 0.717) is 0 Å². The molecule has 0 unspecified atom stereocenters. The van der Waals surface area contributed by atoms with Crippen molar-refractivity contribution in [2.24, 2.45) is 0 Å². The summed E-state index contributed by atoms with van der Waals surface area (Å²) in [6, 6.07) is 4.37. The van der Waals surface area contributed by atoms with Crippen LogP contribution in [0.2, 0.25) is 0 Å². The van der Waals surface area contributed by atoms with Gasteiger partial charge in [-0.05, 0) is 36.8 Å². The molecule has 1 saturated carbocycles. The van der Waals surface area contributed by atoms with Gasteiger partial charge in [0.15, 0.2) is 0 Å². The van der Waals surface area contributed by atoms with Crippen molar-refractivity contribution in [2.75, 3.05) is 0 Å². The summed E-state index contributed by atoms with van der Waals surface area (Å²) >= 11 is 0. The molecule has 1 aliphatic rings. The van der Waals surface area contributed by atoms with E-state index in [-0.39, 0.29) is 0 Å². The number of hydrogen-bond donors (Lipinski definition) is 0. The van der Waals surface area contributed by atoms with Crippen molar-refractivity contribution in [3.8, 4) is 0 Å². The van der Waals surface area contributed by atoms with Crippen molar-refractivity contribution in [2.45, 2.75) is 46.0 Å². The van der Waals surface area contributed by atoms with E-state index in [0.717, 1.165) is 12.3 Å². The van der Waals surface area contributed by atoms with Crippen molar-refractivity contribution in [3.05, 3.63) is 29.6 Å². The first kappa shape index (κ1) is 10.2. The second kappa shape index (κ2) is 5.00. The molecule has 0 saturated heterocycles. The van der Waals surface area contributed by atoms with E-state index >= 15 is 0 Å². The molecule has 0 radical (unpaired) electrons. The molecular weight excluding hydrogens is 158 g/mol. The standard InChI is InChI=1S/C10H13N.C2H6/c1-2-10-6-5-9(7-11-10)8-3-4-8;1-2/h5-8H,2-4H2,1H3;1-2H3. The topological polar surface area (TPSA) is 12.9 Å². The Morgan fingerprint density at radius 1 is 1.31 bits per heavy atom. The van der Waals surface area contributed by atoms with Crippen LogP contribution in [0, 0.1) is 0 Å². The molecule has 0 N–H and O–H groups in total. The second-order valence-electron chi connectivity index (χ2n) is 3.21. The monoisotopic (exact) mass is 177 g/mol. The molecule has 0 bridgehead atoms. The fourth-order valence-corrected chi connectivity index (χ4v) is 1.30. The molecule has 0 spiro atoms. The van der Waals surface area contributed by atoms with Crippen LogP contribution in [0.25, 0.3) is 0 Å². The number of rotatable bonds is 2. The highest BCUT2D eigenvalue weighted by Crippen LogP contribution is 2.39. The number of hydrogen-bond acceptors (Lipinski definition) is 1. The predicted molar refractivity (Wildman–Crippen MR) is 56.9 cm³/mol. The highest BCUT2D eigenvalue weighted by atomic mass is 14.7. The molecular formula is C12H19N. The SMILES string of the molecule is CC.CCc1ccc(C2CC2)cn1. The van der Waals surface area contributed by atoms with Crippen LogP contribution in [-0.2, 0) is 6.42 Å². The molecule has 1 aliphatic carbocycles. The predicted octanol–water partition coefficient (Wildman–Crippen LogP) is 3.55. The minimum Gasteiger partial charge on any atom is -0.261 e. The average Bonchev–Trinajstić information content (AvgIpc) is 3.05. The van der Waals surface area contributed by atoms with Crippen LogP contribution in [0.1, 0.15) is 50.8 Å². The summed E-state index contributed by atoms with van der Waals surface area (Å²) in [5.41, 5.74) is 2.64. The molecule has 0 aliphatic heterocycles. The van der Waals surface area contributed by atoms with Gasteiger partial charge in [0.1, 0.15) is 0 Å². The second-order valence-corrected chi connectivity index (χ2v) is 3.21. The van der Waals surface area contributed by atoms with Crippen molar-refractivity contribution in [1.29, 1.82) is 0 Å². The Bertz CT molecular complexity index is 234. The van der Waals surface area contributed by atoms with Crippen LogP contribution in [0.3, 0.4) is 0 Å². The summed E-state index contributed by atoms with van der Waals surface area (Å²) < 4.78 is 0. The zero-order valence-electron chi connectivity index (χ0n) is 8.88. The van der Waals surface area contributed by atoms with E-state index in [1.54, 1.807) is 0 Å². The van der Waals surface area contributed by atoms with Crippen LogP contribution in [-0.4, -0.2) is 4.98 Å². The first-order valence-corrected chi connectivity index (χ1v) is 5.35. The van der Waals surface area contributed by atoms with Crippen LogP contribution < -0.4 is 0 Å². The van der Waals surface area contributed by atoms with Crippen molar-refractivity contribution in [3.63, 3.8) is 0 Å². The first-order chi connectivity index (χ1) is 6.40. The maximum Gasteiger partial charge on any atom is 0.0401 e. The zero-order chi connectivity index (χ0) is 9.68. The smallest absolute Gasteiger partial charge is 0.0401 e. The average molecular weight is 177 g/mol. The fourth-order valence-electron chi connectivity index (χ4n) is 1.30. The van der Waals surface area contributed by atoms with Crippen LogP contribution in [0.5, 0.6) is 0 Å². The quantitative estimate of drug-likeness (QED) is 0.673. The highest BCUT2D eigenvalue weighted by molar-refractivity contribution is 5.21. The number of pyridine rings is 1. The molecule has 13 heavy (non-hydrogen) atoms. The van der Waals surface area contributed by atoms with Crippen molar-refractivity contribution >= 4 is 0 Å². The van der Waals surface area contributed by atoms with E-state index < -0.39 is 0 Å². The van der Waals surface area contributed by atoms with E-state index in [4.69, 9.17) is 0 Å². The minimum atomic E-state index is 0.841. The summed E-state index contributed by atoms with van der Waals surface area (Å²) in [5, 5.41) is 0. The van der Waals surface area contributed by atoms with Gasteiger partial charge in [-0.15, -0.1) is 0 Å². The van der Waals surface area contributed by atoms with Gasteiger partial charge in [-0.3, -0.25) is 4.98 Å². The molecule has 1 aromatic heterocycles. The lowest BCUT2D eigenvalue weighted by atomic mass is 10.2. The maximum absolute atomic E-state index is 4.36. The molecule has 0 aromatic carbocycles. The van der Waals surface area contributed by atoms with Gasteiger partial charge in [0.05, 0.1) is 0 Å². The van der Waals surface area contributed by atoms with Gasteiger partial charge in [0, 0.05) is 11.9 Å². The van der Waals surface area contributed by atoms with Crippen LogP contribution in [0.4, 0.5) is 0 Å². The number of aromatic nitrogens is 1. The summed E-state index contributed by atoms with van der Waals surface area (Å²) in [7, 11) is 0. The zero-order valence-corrected chi connectivity index (χ0v) is 8.88. The highest BCUT2D eigenvalue weighted by Gasteiger charge is 2.23. The Kier molecular flexibility index (Phi) is 3.94. The maximum atomic E-state index is 4.36. The van der Waals surface area contributed by atoms with Gasteiger partial charge in [-0.25, -0.2) is 0 Å². The molecule has 1 fully saturated rings. The largest absolute Gasteiger partial charge is 0.261 e. The van der Waals surface area contributed by atoms with Crippen LogP contribution >= 0.6 is 0 Å². The molecule has 0 amide bonds. The van der Waals surface area contributed by atoms with Gasteiger partial charge >= 0.3 is 0 Å². The Hall–Kier alpha value is -0.850. The third-order valence-corrected chi connectivity index (χ3v) is 2.26. The fraction of sp³-hybridized carbons (Fsp3) is 0.583. The Morgan fingerprint density at radius 3 is 2.38 bits per heavy atom. The molecule has 1 heteroatoms. The van der Waals surface area contributed by atoms with Gasteiger partial charge < -0.3 is 0 Å². The van der Waals surface area contributed by atoms with Crippen LogP contribution in [0.15, 0.2) is 18.3 Å². The van der Waals surface area contributed by atoms with Gasteiger partial charge in [-0.1, -0.05) is 26.8 Å². The van der Waals surface area contributed by atoms with Crippen molar-refractivity contribution in [1.82, 2.24) is 4.98 Å². The van der Waals surface area contributed by atoms with E-state index in [2.05, 4.69) is 24.0 Å². The van der Waals surface area contributed by atoms with E-state index in [1.165, 1.54) is 24.1 Å². The third-order valence-electron chi connectivity index (χ3n) is 2.26.